The van der Waals surface area contributed by atoms with E-state index in [4.69, 9.17) is 4.42 Å². The van der Waals surface area contributed by atoms with E-state index in [9.17, 15) is 4.79 Å². The smallest absolute Gasteiger partial charge is 0.280 e. The summed E-state index contributed by atoms with van der Waals surface area (Å²) in [5.41, 5.74) is 1.02. The summed E-state index contributed by atoms with van der Waals surface area (Å²) in [6.07, 6.45) is 1.40. The third-order valence-corrected chi connectivity index (χ3v) is 3.27. The summed E-state index contributed by atoms with van der Waals surface area (Å²) in [5.74, 6) is 0.871. The molecule has 7 heteroatoms. The third kappa shape index (κ3) is 2.98. The lowest BCUT2D eigenvalue weighted by molar-refractivity contribution is 0.102. The summed E-state index contributed by atoms with van der Waals surface area (Å²) in [6.45, 7) is 5.62. The van der Waals surface area contributed by atoms with Gasteiger partial charge in [0.15, 0.2) is 17.3 Å². The summed E-state index contributed by atoms with van der Waals surface area (Å²) in [7, 11) is 0. The van der Waals surface area contributed by atoms with Crippen molar-refractivity contribution in [1.29, 1.82) is 0 Å². The van der Waals surface area contributed by atoms with Crippen LogP contribution in [0.15, 0.2) is 41.1 Å². The van der Waals surface area contributed by atoms with Gasteiger partial charge in [-0.15, -0.1) is 0 Å². The zero-order valence-corrected chi connectivity index (χ0v) is 13.1. The van der Waals surface area contributed by atoms with Crippen LogP contribution < -0.4 is 5.32 Å². The van der Waals surface area contributed by atoms with Crippen LogP contribution in [-0.4, -0.2) is 25.7 Å². The van der Waals surface area contributed by atoms with Gasteiger partial charge in [0.25, 0.3) is 5.91 Å². The maximum absolute atomic E-state index is 12.6. The van der Waals surface area contributed by atoms with Crippen LogP contribution in [0, 0.1) is 6.92 Å². The monoisotopic (exact) mass is 311 g/mol. The Kier molecular flexibility index (Phi) is 3.92. The van der Waals surface area contributed by atoms with E-state index in [0.29, 0.717) is 17.6 Å². The van der Waals surface area contributed by atoms with Crippen molar-refractivity contribution in [2.75, 3.05) is 5.32 Å². The average Bonchev–Trinajstić information content (AvgIpc) is 3.14. The van der Waals surface area contributed by atoms with Crippen molar-refractivity contribution in [1.82, 2.24) is 19.7 Å². The lowest BCUT2D eigenvalue weighted by Gasteiger charge is -2.09. The van der Waals surface area contributed by atoms with E-state index >= 15 is 0 Å². The van der Waals surface area contributed by atoms with Crippen LogP contribution in [0.1, 0.15) is 36.3 Å². The molecule has 0 spiro atoms. The Balaban J connectivity index is 1.93. The molecule has 2 aromatic heterocycles. The van der Waals surface area contributed by atoms with Crippen LogP contribution in [0.3, 0.4) is 0 Å². The van der Waals surface area contributed by atoms with Crippen molar-refractivity contribution in [3.05, 3.63) is 48.2 Å². The Morgan fingerprint density at radius 1 is 1.26 bits per heavy atom. The molecule has 0 saturated heterocycles. The predicted octanol–water partition coefficient (Wildman–Crippen LogP) is 3.07. The fourth-order valence-electron chi connectivity index (χ4n) is 2.24. The van der Waals surface area contributed by atoms with Crippen molar-refractivity contribution >= 4 is 11.9 Å². The molecule has 7 nitrogen and oxygen atoms in total. The van der Waals surface area contributed by atoms with Crippen LogP contribution in [0.25, 0.3) is 11.3 Å². The first-order chi connectivity index (χ1) is 11.1. The van der Waals surface area contributed by atoms with Gasteiger partial charge in [0.05, 0.1) is 6.04 Å². The minimum Gasteiger partial charge on any atom is -0.440 e. The molecule has 0 bridgehead atoms. The molecular formula is C16H17N5O2. The van der Waals surface area contributed by atoms with Crippen LogP contribution in [0.2, 0.25) is 0 Å². The summed E-state index contributed by atoms with van der Waals surface area (Å²) in [5, 5.41) is 6.83. The molecule has 2 heterocycles. The van der Waals surface area contributed by atoms with Gasteiger partial charge in [-0.05, 0) is 13.8 Å². The topological polar surface area (TPSA) is 85.8 Å². The molecule has 0 fully saturated rings. The number of oxazole rings is 1. The van der Waals surface area contributed by atoms with Crippen molar-refractivity contribution < 1.29 is 9.21 Å². The molecule has 0 aliphatic heterocycles. The number of hydrogen-bond donors (Lipinski definition) is 1. The number of anilines is 1. The zero-order chi connectivity index (χ0) is 16.4. The number of amides is 1. The number of rotatable bonds is 4. The molecule has 23 heavy (non-hydrogen) atoms. The molecule has 118 valence electrons. The number of aromatic nitrogens is 4. The molecule has 1 aromatic carbocycles. The van der Waals surface area contributed by atoms with E-state index in [-0.39, 0.29) is 17.6 Å². The lowest BCUT2D eigenvalue weighted by atomic mass is 10.1. The summed E-state index contributed by atoms with van der Waals surface area (Å²) < 4.78 is 7.24. The molecule has 1 N–H and O–H groups in total. The van der Waals surface area contributed by atoms with Crippen LogP contribution in [0.4, 0.5) is 5.95 Å². The van der Waals surface area contributed by atoms with Crippen LogP contribution >= 0.6 is 0 Å². The molecule has 3 aromatic rings. The molecule has 0 atom stereocenters. The lowest BCUT2D eigenvalue weighted by Crippen LogP contribution is -2.18. The number of aryl methyl sites for hydroxylation is 1. The molecule has 0 aliphatic carbocycles. The quantitative estimate of drug-likeness (QED) is 0.800. The molecule has 0 unspecified atom stereocenters. The number of carbonyl (C=O) groups excluding carboxylic acids is 1. The normalized spacial score (nSPS) is 11.0. The molecule has 1 amide bonds. The van der Waals surface area contributed by atoms with E-state index in [2.05, 4.69) is 20.4 Å². The Morgan fingerprint density at radius 2 is 2.00 bits per heavy atom. The summed E-state index contributed by atoms with van der Waals surface area (Å²) in [6, 6.07) is 9.48. The molecule has 0 saturated carbocycles. The largest absolute Gasteiger partial charge is 0.440 e. The highest BCUT2D eigenvalue weighted by molar-refractivity contribution is 6.05. The van der Waals surface area contributed by atoms with Crippen molar-refractivity contribution in [3.63, 3.8) is 0 Å². The number of nitrogens with one attached hydrogen (secondary N) is 1. The minimum atomic E-state index is -0.379. The van der Waals surface area contributed by atoms with E-state index < -0.39 is 0 Å². The first-order valence-corrected chi connectivity index (χ1v) is 7.30. The van der Waals surface area contributed by atoms with E-state index in [0.717, 1.165) is 5.56 Å². The fourth-order valence-corrected chi connectivity index (χ4v) is 2.24. The van der Waals surface area contributed by atoms with Gasteiger partial charge in [0.2, 0.25) is 5.95 Å². The first-order valence-electron chi connectivity index (χ1n) is 7.30. The number of hydrogen-bond acceptors (Lipinski definition) is 5. The first kappa shape index (κ1) is 15.0. The van der Waals surface area contributed by atoms with Gasteiger partial charge in [-0.2, -0.15) is 10.1 Å². The van der Waals surface area contributed by atoms with Gasteiger partial charge < -0.3 is 4.42 Å². The Bertz CT molecular complexity index is 820. The molecular weight excluding hydrogens is 294 g/mol. The highest BCUT2D eigenvalue weighted by Crippen LogP contribution is 2.25. The maximum atomic E-state index is 12.6. The van der Waals surface area contributed by atoms with Gasteiger partial charge in [-0.25, -0.2) is 9.67 Å². The Morgan fingerprint density at radius 3 is 2.70 bits per heavy atom. The van der Waals surface area contributed by atoms with E-state index in [1.165, 1.54) is 6.33 Å². The number of carbonyl (C=O) groups is 1. The van der Waals surface area contributed by atoms with Gasteiger partial charge in [0.1, 0.15) is 6.33 Å². The SMILES string of the molecule is Cc1nc(C(=O)Nc2ncnn2C(C)C)c(-c2ccccc2)o1. The molecule has 0 aliphatic rings. The minimum absolute atomic E-state index is 0.0837. The van der Waals surface area contributed by atoms with Gasteiger partial charge in [-0.3, -0.25) is 10.1 Å². The zero-order valence-electron chi connectivity index (χ0n) is 13.1. The summed E-state index contributed by atoms with van der Waals surface area (Å²) in [4.78, 5) is 20.9. The molecule has 0 radical (unpaired) electrons. The Labute approximate surface area is 133 Å². The van der Waals surface area contributed by atoms with Crippen LogP contribution in [0.5, 0.6) is 0 Å². The summed E-state index contributed by atoms with van der Waals surface area (Å²) >= 11 is 0. The van der Waals surface area contributed by atoms with Crippen molar-refractivity contribution in [2.24, 2.45) is 0 Å². The maximum Gasteiger partial charge on any atom is 0.280 e. The van der Waals surface area contributed by atoms with E-state index in [1.807, 2.05) is 44.2 Å². The van der Waals surface area contributed by atoms with Crippen molar-refractivity contribution in [2.45, 2.75) is 26.8 Å². The average molecular weight is 311 g/mol. The Hall–Kier alpha value is -2.96. The van der Waals surface area contributed by atoms with Gasteiger partial charge in [0, 0.05) is 12.5 Å². The van der Waals surface area contributed by atoms with E-state index in [1.54, 1.807) is 11.6 Å². The molecule has 3 rings (SSSR count). The second-order valence-electron chi connectivity index (χ2n) is 5.35. The highest BCUT2D eigenvalue weighted by atomic mass is 16.4. The third-order valence-electron chi connectivity index (χ3n) is 3.27. The fraction of sp³-hybridized carbons (Fsp3) is 0.250. The predicted molar refractivity (Wildman–Crippen MR) is 85.0 cm³/mol. The standard InChI is InChI=1S/C16H17N5O2/c1-10(2)21-16(17-9-18-21)20-15(22)13-14(23-11(3)19-13)12-7-5-4-6-8-12/h4-10H,1-3H3,(H,17,18,20,22). The van der Waals surface area contributed by atoms with Crippen LogP contribution in [-0.2, 0) is 0 Å². The highest BCUT2D eigenvalue weighted by Gasteiger charge is 2.22. The second-order valence-corrected chi connectivity index (χ2v) is 5.35. The second kappa shape index (κ2) is 6.04. The number of nitrogens with zero attached hydrogens (tertiary/aromatic N) is 4. The van der Waals surface area contributed by atoms with Gasteiger partial charge in [-0.1, -0.05) is 30.3 Å². The number of benzene rings is 1. The van der Waals surface area contributed by atoms with Crippen molar-refractivity contribution in [3.8, 4) is 11.3 Å². The van der Waals surface area contributed by atoms with Gasteiger partial charge >= 0.3 is 0 Å².